The van der Waals surface area contributed by atoms with E-state index < -0.39 is 12.3 Å². The second-order valence-corrected chi connectivity index (χ2v) is 1.47. The normalized spacial score (nSPS) is 12.9. The summed E-state index contributed by atoms with van der Waals surface area (Å²) >= 11 is 0. The lowest BCUT2D eigenvalue weighted by molar-refractivity contribution is -0.165. The minimum absolute atomic E-state index is 0.444. The molecule has 0 saturated carbocycles. The van der Waals surface area contributed by atoms with Gasteiger partial charge in [0.2, 0.25) is 0 Å². The van der Waals surface area contributed by atoms with Crippen molar-refractivity contribution in [2.24, 2.45) is 0 Å². The van der Waals surface area contributed by atoms with E-state index >= 15 is 0 Å². The summed E-state index contributed by atoms with van der Waals surface area (Å²) in [5, 5.41) is 8.59. The maximum atomic E-state index is 10.0. The fourth-order valence-corrected chi connectivity index (χ4v) is 0.275. The summed E-state index contributed by atoms with van der Waals surface area (Å²) in [7, 11) is 0. The first kappa shape index (κ1) is 7.43. The van der Waals surface area contributed by atoms with Crippen LogP contribution in [0.25, 0.3) is 0 Å². The summed E-state index contributed by atoms with van der Waals surface area (Å²) in [5.41, 5.74) is 0. The van der Waals surface area contributed by atoms with Crippen LogP contribution in [0.5, 0.6) is 0 Å². The first-order valence-electron chi connectivity index (χ1n) is 2.52. The molecule has 1 atom stereocenters. The van der Waals surface area contributed by atoms with Gasteiger partial charge in [0.15, 0.2) is 6.29 Å². The Hall–Kier alpha value is -0.570. The largest absolute Gasteiger partial charge is 0.436 e. The molecule has 0 fully saturated rings. The van der Waals surface area contributed by atoms with Crippen LogP contribution in [-0.4, -0.2) is 17.4 Å². The highest BCUT2D eigenvalue weighted by molar-refractivity contribution is 5.65. The van der Waals surface area contributed by atoms with Gasteiger partial charge >= 0.3 is 5.97 Å². The number of aliphatic hydroxyl groups is 1. The van der Waals surface area contributed by atoms with Crippen LogP contribution >= 0.6 is 0 Å². The second-order valence-electron chi connectivity index (χ2n) is 1.47. The smallest absolute Gasteiger partial charge is 0.304 e. The molecule has 48 valence electrons. The van der Waals surface area contributed by atoms with Gasteiger partial charge in [-0.3, -0.25) is 4.79 Å². The Balaban J connectivity index is 3.24. The molecular weight excluding hydrogens is 108 g/mol. The highest BCUT2D eigenvalue weighted by atomic mass is 16.6. The summed E-state index contributed by atoms with van der Waals surface area (Å²) in [5.74, 6) is -0.445. The maximum absolute atomic E-state index is 10.0. The van der Waals surface area contributed by atoms with Crippen molar-refractivity contribution >= 4 is 5.97 Å². The first-order chi connectivity index (χ1) is 3.66. The van der Waals surface area contributed by atoms with Crippen molar-refractivity contribution in [3.05, 3.63) is 0 Å². The van der Waals surface area contributed by atoms with E-state index in [1.165, 1.54) is 6.92 Å². The highest BCUT2D eigenvalue weighted by Crippen LogP contribution is 1.90. The molecule has 3 heteroatoms. The molecule has 0 aliphatic heterocycles. The van der Waals surface area contributed by atoms with Gasteiger partial charge in [-0.05, 0) is 0 Å². The van der Waals surface area contributed by atoms with Crippen LogP contribution in [0, 0.1) is 0 Å². The molecule has 1 N–H and O–H groups in total. The van der Waals surface area contributed by atoms with E-state index in [9.17, 15) is 4.79 Å². The lowest BCUT2D eigenvalue weighted by atomic mass is 10.5. The fourth-order valence-electron chi connectivity index (χ4n) is 0.275. The van der Waals surface area contributed by atoms with Gasteiger partial charge in [0.1, 0.15) is 0 Å². The quantitative estimate of drug-likeness (QED) is 0.418. The molecule has 0 bridgehead atoms. The maximum Gasteiger partial charge on any atom is 0.304 e. The molecule has 0 radical (unpaired) electrons. The van der Waals surface area contributed by atoms with Crippen molar-refractivity contribution in [1.29, 1.82) is 0 Å². The van der Waals surface area contributed by atoms with Gasteiger partial charge in [-0.15, -0.1) is 0 Å². The molecular formula is C5H10O3. The summed E-state index contributed by atoms with van der Waals surface area (Å²) in [6.45, 7) is 2.99. The minimum Gasteiger partial charge on any atom is -0.436 e. The van der Waals surface area contributed by atoms with E-state index in [0.717, 1.165) is 0 Å². The second kappa shape index (κ2) is 3.43. The molecule has 0 rings (SSSR count). The third-order valence-corrected chi connectivity index (χ3v) is 0.651. The van der Waals surface area contributed by atoms with Crippen LogP contribution in [0.4, 0.5) is 0 Å². The van der Waals surface area contributed by atoms with E-state index in [0.29, 0.717) is 6.42 Å². The van der Waals surface area contributed by atoms with Gasteiger partial charge in [-0.2, -0.15) is 0 Å². The zero-order valence-corrected chi connectivity index (χ0v) is 5.05. The van der Waals surface area contributed by atoms with Crippen LogP contribution < -0.4 is 0 Å². The van der Waals surface area contributed by atoms with Gasteiger partial charge in [0.05, 0.1) is 0 Å². The number of ether oxygens (including phenoxy) is 1. The van der Waals surface area contributed by atoms with E-state index in [1.807, 2.05) is 0 Å². The van der Waals surface area contributed by atoms with Gasteiger partial charge < -0.3 is 9.84 Å². The number of carbonyl (C=O) groups excluding carboxylic acids is 1. The van der Waals surface area contributed by atoms with E-state index in [4.69, 9.17) is 5.11 Å². The molecule has 0 aromatic carbocycles. The van der Waals surface area contributed by atoms with Crippen molar-refractivity contribution in [2.45, 2.75) is 26.6 Å². The van der Waals surface area contributed by atoms with Crippen molar-refractivity contribution in [2.75, 3.05) is 0 Å². The van der Waals surface area contributed by atoms with Gasteiger partial charge in [-0.25, -0.2) is 0 Å². The number of aliphatic hydroxyl groups excluding tert-OH is 1. The molecule has 0 aromatic heterocycles. The molecule has 0 unspecified atom stereocenters. The Kier molecular flexibility index (Phi) is 3.19. The molecule has 0 aromatic rings. The van der Waals surface area contributed by atoms with Gasteiger partial charge in [-0.1, -0.05) is 6.92 Å². The summed E-state index contributed by atoms with van der Waals surface area (Å²) in [6.07, 6.45) is -0.480. The molecule has 0 amide bonds. The standard InChI is InChI=1S/C5H10O3/c1-3-5(7)8-4(2)6/h5,7H,3H2,1-2H3/t5-/m1/s1. The van der Waals surface area contributed by atoms with Gasteiger partial charge in [0.25, 0.3) is 0 Å². The Morgan fingerprint density at radius 3 is 2.50 bits per heavy atom. The third-order valence-electron chi connectivity index (χ3n) is 0.651. The number of rotatable bonds is 2. The minimum atomic E-state index is -0.924. The SMILES string of the molecule is CC[C@H](O)OC(C)=O. The molecule has 0 heterocycles. The summed E-state index contributed by atoms with van der Waals surface area (Å²) < 4.78 is 4.32. The zero-order valence-electron chi connectivity index (χ0n) is 5.05. The molecule has 0 spiro atoms. The van der Waals surface area contributed by atoms with Crippen molar-refractivity contribution in [3.8, 4) is 0 Å². The van der Waals surface area contributed by atoms with Crippen LogP contribution in [0.2, 0.25) is 0 Å². The highest BCUT2D eigenvalue weighted by Gasteiger charge is 2.00. The Bertz CT molecular complexity index is 79.7. The van der Waals surface area contributed by atoms with Crippen molar-refractivity contribution < 1.29 is 14.6 Å². The number of carbonyl (C=O) groups is 1. The number of hydrogen-bond donors (Lipinski definition) is 1. The Morgan fingerprint density at radius 1 is 1.88 bits per heavy atom. The zero-order chi connectivity index (χ0) is 6.57. The Morgan fingerprint density at radius 2 is 2.38 bits per heavy atom. The van der Waals surface area contributed by atoms with E-state index in [-0.39, 0.29) is 0 Å². The number of hydrogen-bond acceptors (Lipinski definition) is 3. The first-order valence-corrected chi connectivity index (χ1v) is 2.52. The summed E-state index contributed by atoms with van der Waals surface area (Å²) in [4.78, 5) is 10.0. The fraction of sp³-hybridized carbons (Fsp3) is 0.800. The number of esters is 1. The lowest BCUT2D eigenvalue weighted by Crippen LogP contribution is -2.13. The molecule has 0 aliphatic rings. The molecule has 3 nitrogen and oxygen atoms in total. The lowest BCUT2D eigenvalue weighted by Gasteiger charge is -2.05. The van der Waals surface area contributed by atoms with Crippen molar-refractivity contribution in [1.82, 2.24) is 0 Å². The predicted molar refractivity (Wildman–Crippen MR) is 28.1 cm³/mol. The van der Waals surface area contributed by atoms with Crippen LogP contribution in [0.1, 0.15) is 20.3 Å². The molecule has 0 saturated heterocycles. The monoisotopic (exact) mass is 118 g/mol. The average molecular weight is 118 g/mol. The average Bonchev–Trinajstić information content (AvgIpc) is 1.65. The molecule has 8 heavy (non-hydrogen) atoms. The molecule has 0 aliphatic carbocycles. The summed E-state index contributed by atoms with van der Waals surface area (Å²) in [6, 6.07) is 0. The van der Waals surface area contributed by atoms with E-state index in [2.05, 4.69) is 4.74 Å². The van der Waals surface area contributed by atoms with Gasteiger partial charge in [0, 0.05) is 13.3 Å². The van der Waals surface area contributed by atoms with Crippen LogP contribution in [0.15, 0.2) is 0 Å². The third kappa shape index (κ3) is 3.61. The topological polar surface area (TPSA) is 46.5 Å². The Labute approximate surface area is 48.3 Å². The van der Waals surface area contributed by atoms with Crippen LogP contribution in [-0.2, 0) is 9.53 Å². The predicted octanol–water partition coefficient (Wildman–Crippen LogP) is 0.278. The van der Waals surface area contributed by atoms with Crippen LogP contribution in [0.3, 0.4) is 0 Å². The van der Waals surface area contributed by atoms with Crippen molar-refractivity contribution in [3.63, 3.8) is 0 Å². The van der Waals surface area contributed by atoms with E-state index in [1.54, 1.807) is 6.92 Å².